The number of hydrogen-bond donors (Lipinski definition) is 0. The van der Waals surface area contributed by atoms with E-state index in [0.717, 1.165) is 18.2 Å². The molecule has 2 nitrogen and oxygen atoms in total. The summed E-state index contributed by atoms with van der Waals surface area (Å²) in [5.74, 6) is -2.35. The monoisotopic (exact) mass is 240 g/mol. The molecule has 0 aliphatic heterocycles. The number of hydrogen-bond acceptors (Lipinski definition) is 2. The molecule has 0 aliphatic rings. The van der Waals surface area contributed by atoms with Gasteiger partial charge in [0.05, 0.1) is 0 Å². The molecule has 0 atom stereocenters. The number of halogens is 2. The maximum Gasteiger partial charge on any atom is 0.330 e. The first-order valence-electron chi connectivity index (χ1n) is 5.13. The molecular formula is C13H14F2O2. The minimum atomic E-state index is -0.909. The van der Waals surface area contributed by atoms with E-state index in [1.165, 1.54) is 6.07 Å². The summed E-state index contributed by atoms with van der Waals surface area (Å²) in [4.78, 5) is 11.1. The Hall–Kier alpha value is -1.71. The van der Waals surface area contributed by atoms with Gasteiger partial charge in [-0.25, -0.2) is 13.6 Å². The van der Waals surface area contributed by atoms with Gasteiger partial charge in [0.25, 0.3) is 0 Å². The second-order valence-electron chi connectivity index (χ2n) is 4.31. The highest BCUT2D eigenvalue weighted by atomic mass is 19.2. The van der Waals surface area contributed by atoms with Crippen LogP contribution in [-0.4, -0.2) is 11.6 Å². The van der Waals surface area contributed by atoms with Gasteiger partial charge in [0.15, 0.2) is 11.6 Å². The topological polar surface area (TPSA) is 26.3 Å². The Morgan fingerprint density at radius 2 is 2.06 bits per heavy atom. The zero-order valence-corrected chi connectivity index (χ0v) is 9.80. The molecule has 0 N–H and O–H groups in total. The highest BCUT2D eigenvalue weighted by Crippen LogP contribution is 2.19. The summed E-state index contributed by atoms with van der Waals surface area (Å²) in [5, 5.41) is 0. The van der Waals surface area contributed by atoms with E-state index in [2.05, 4.69) is 6.58 Å². The maximum absolute atomic E-state index is 13.0. The number of carbonyl (C=O) groups excluding carboxylic acids is 1. The van der Waals surface area contributed by atoms with Gasteiger partial charge in [-0.3, -0.25) is 0 Å². The summed E-state index contributed by atoms with van der Waals surface area (Å²) >= 11 is 0. The number of esters is 1. The lowest BCUT2D eigenvalue weighted by molar-refractivity contribution is -0.149. The normalized spacial score (nSPS) is 11.1. The van der Waals surface area contributed by atoms with Gasteiger partial charge in [0.2, 0.25) is 0 Å². The number of benzene rings is 1. The Morgan fingerprint density at radius 3 is 2.59 bits per heavy atom. The third-order valence-corrected chi connectivity index (χ3v) is 2.16. The van der Waals surface area contributed by atoms with Crippen molar-refractivity contribution in [1.82, 2.24) is 0 Å². The van der Waals surface area contributed by atoms with Crippen LogP contribution in [0.2, 0.25) is 0 Å². The fraction of sp³-hybridized carbons (Fsp3) is 0.308. The lowest BCUT2D eigenvalue weighted by Crippen LogP contribution is -2.29. The SMILES string of the molecule is C=CC(=O)OC(C)(C)Cc1ccc(F)c(F)c1. The van der Waals surface area contributed by atoms with Crippen molar-refractivity contribution in [2.75, 3.05) is 0 Å². The highest BCUT2D eigenvalue weighted by Gasteiger charge is 2.22. The molecule has 0 fully saturated rings. The van der Waals surface area contributed by atoms with Crippen molar-refractivity contribution < 1.29 is 18.3 Å². The van der Waals surface area contributed by atoms with Crippen molar-refractivity contribution >= 4 is 5.97 Å². The average Bonchev–Trinajstić information content (AvgIpc) is 2.22. The molecule has 0 spiro atoms. The lowest BCUT2D eigenvalue weighted by Gasteiger charge is -2.24. The van der Waals surface area contributed by atoms with Crippen LogP contribution in [-0.2, 0) is 16.0 Å². The van der Waals surface area contributed by atoms with Crippen molar-refractivity contribution in [2.45, 2.75) is 25.9 Å². The standard InChI is InChI=1S/C13H14F2O2/c1-4-12(16)17-13(2,3)8-9-5-6-10(14)11(15)7-9/h4-7H,1,8H2,2-3H3. The second-order valence-corrected chi connectivity index (χ2v) is 4.31. The Morgan fingerprint density at radius 1 is 1.41 bits per heavy atom. The predicted molar refractivity (Wildman–Crippen MR) is 60.4 cm³/mol. The molecule has 0 heterocycles. The number of ether oxygens (including phenoxy) is 1. The van der Waals surface area contributed by atoms with Crippen molar-refractivity contribution in [2.24, 2.45) is 0 Å². The molecule has 0 radical (unpaired) electrons. The quantitative estimate of drug-likeness (QED) is 0.597. The van der Waals surface area contributed by atoms with Crippen LogP contribution in [0.4, 0.5) is 8.78 Å². The molecule has 0 amide bonds. The van der Waals surface area contributed by atoms with E-state index >= 15 is 0 Å². The first-order chi connectivity index (χ1) is 7.84. The predicted octanol–water partition coefficient (Wildman–Crippen LogP) is 3.02. The highest BCUT2D eigenvalue weighted by molar-refractivity contribution is 5.81. The van der Waals surface area contributed by atoms with Crippen molar-refractivity contribution in [3.63, 3.8) is 0 Å². The summed E-state index contributed by atoms with van der Waals surface area (Å²) in [7, 11) is 0. The van der Waals surface area contributed by atoms with E-state index in [4.69, 9.17) is 4.74 Å². The molecule has 0 aromatic heterocycles. The fourth-order valence-electron chi connectivity index (χ4n) is 1.49. The van der Waals surface area contributed by atoms with Gasteiger partial charge in [0, 0.05) is 12.5 Å². The van der Waals surface area contributed by atoms with E-state index in [1.807, 2.05) is 0 Å². The molecule has 1 aromatic rings. The Kier molecular flexibility index (Phi) is 3.99. The summed E-state index contributed by atoms with van der Waals surface area (Å²) in [6.45, 7) is 6.67. The van der Waals surface area contributed by atoms with E-state index in [1.54, 1.807) is 13.8 Å². The van der Waals surface area contributed by atoms with Gasteiger partial charge in [-0.05, 0) is 31.5 Å². The molecule has 17 heavy (non-hydrogen) atoms. The van der Waals surface area contributed by atoms with Gasteiger partial charge in [0.1, 0.15) is 5.60 Å². The van der Waals surface area contributed by atoms with Crippen LogP contribution in [0.1, 0.15) is 19.4 Å². The molecule has 0 aliphatic carbocycles. The molecule has 0 saturated carbocycles. The maximum atomic E-state index is 13.0. The minimum absolute atomic E-state index is 0.295. The van der Waals surface area contributed by atoms with Crippen LogP contribution >= 0.6 is 0 Å². The molecule has 92 valence electrons. The van der Waals surface area contributed by atoms with Gasteiger partial charge in [-0.15, -0.1) is 0 Å². The van der Waals surface area contributed by atoms with Crippen molar-refractivity contribution in [1.29, 1.82) is 0 Å². The van der Waals surface area contributed by atoms with Gasteiger partial charge in [-0.2, -0.15) is 0 Å². The van der Waals surface area contributed by atoms with Crippen LogP contribution in [0.25, 0.3) is 0 Å². The number of carbonyl (C=O) groups is 1. The van der Waals surface area contributed by atoms with Crippen LogP contribution in [0.3, 0.4) is 0 Å². The van der Waals surface area contributed by atoms with Crippen molar-refractivity contribution in [3.8, 4) is 0 Å². The number of rotatable bonds is 4. The zero-order valence-electron chi connectivity index (χ0n) is 9.80. The first kappa shape index (κ1) is 13.4. The molecular weight excluding hydrogens is 226 g/mol. The fourth-order valence-corrected chi connectivity index (χ4v) is 1.49. The van der Waals surface area contributed by atoms with Gasteiger partial charge >= 0.3 is 5.97 Å². The average molecular weight is 240 g/mol. The summed E-state index contributed by atoms with van der Waals surface area (Å²) < 4.78 is 30.8. The molecule has 1 aromatic carbocycles. The second kappa shape index (κ2) is 5.08. The minimum Gasteiger partial charge on any atom is -0.456 e. The van der Waals surface area contributed by atoms with E-state index in [0.29, 0.717) is 12.0 Å². The van der Waals surface area contributed by atoms with E-state index in [9.17, 15) is 13.6 Å². The Balaban J connectivity index is 2.78. The van der Waals surface area contributed by atoms with Crippen molar-refractivity contribution in [3.05, 3.63) is 48.1 Å². The van der Waals surface area contributed by atoms with E-state index < -0.39 is 23.2 Å². The molecule has 4 heteroatoms. The van der Waals surface area contributed by atoms with Crippen LogP contribution < -0.4 is 0 Å². The van der Waals surface area contributed by atoms with E-state index in [-0.39, 0.29) is 0 Å². The van der Waals surface area contributed by atoms with Gasteiger partial charge < -0.3 is 4.74 Å². The first-order valence-corrected chi connectivity index (χ1v) is 5.13. The Labute approximate surface area is 98.9 Å². The smallest absolute Gasteiger partial charge is 0.330 e. The summed E-state index contributed by atoms with van der Waals surface area (Å²) in [6.07, 6.45) is 1.36. The summed E-state index contributed by atoms with van der Waals surface area (Å²) in [5.41, 5.74) is -0.235. The summed E-state index contributed by atoms with van der Waals surface area (Å²) in [6, 6.07) is 3.61. The Bertz CT molecular complexity index is 439. The van der Waals surface area contributed by atoms with Gasteiger partial charge in [-0.1, -0.05) is 12.6 Å². The van der Waals surface area contributed by atoms with Crippen LogP contribution in [0.5, 0.6) is 0 Å². The zero-order chi connectivity index (χ0) is 13.1. The lowest BCUT2D eigenvalue weighted by atomic mass is 9.98. The third kappa shape index (κ3) is 3.98. The largest absolute Gasteiger partial charge is 0.456 e. The van der Waals surface area contributed by atoms with Crippen LogP contribution in [0.15, 0.2) is 30.9 Å². The molecule has 0 saturated heterocycles. The molecule has 0 unspecified atom stereocenters. The molecule has 1 rings (SSSR count). The molecule has 0 bridgehead atoms. The van der Waals surface area contributed by atoms with Crippen LogP contribution in [0, 0.1) is 11.6 Å². The third-order valence-electron chi connectivity index (χ3n) is 2.16.